The maximum absolute atomic E-state index is 12.8. The molecule has 30 heavy (non-hydrogen) atoms. The van der Waals surface area contributed by atoms with Crippen LogP contribution in [0.4, 0.5) is 0 Å². The minimum atomic E-state index is -0.452. The fraction of sp³-hybridized carbons (Fsp3) is 0.292. The number of nitrogens with zero attached hydrogens (tertiary/aromatic N) is 1. The van der Waals surface area contributed by atoms with Crippen molar-refractivity contribution in [2.75, 3.05) is 0 Å². The Balaban J connectivity index is 1.38. The van der Waals surface area contributed by atoms with Crippen molar-refractivity contribution in [2.24, 2.45) is 0 Å². The predicted molar refractivity (Wildman–Crippen MR) is 118 cm³/mol. The summed E-state index contributed by atoms with van der Waals surface area (Å²) in [6.07, 6.45) is 2.80. The minimum absolute atomic E-state index is 0.101. The summed E-state index contributed by atoms with van der Waals surface area (Å²) >= 11 is 3.40. The maximum atomic E-state index is 12.8. The fourth-order valence-corrected chi connectivity index (χ4v) is 4.33. The summed E-state index contributed by atoms with van der Waals surface area (Å²) in [5.74, 6) is -0.0728. The number of carbonyl (C=O) groups is 3. The van der Waals surface area contributed by atoms with Gasteiger partial charge < -0.3 is 10.2 Å². The van der Waals surface area contributed by atoms with Gasteiger partial charge in [-0.2, -0.15) is 0 Å². The van der Waals surface area contributed by atoms with E-state index in [2.05, 4.69) is 27.8 Å². The molecule has 0 radical (unpaired) electrons. The molecule has 1 fully saturated rings. The van der Waals surface area contributed by atoms with Crippen molar-refractivity contribution in [1.29, 1.82) is 0 Å². The quantitative estimate of drug-likeness (QED) is 0.700. The zero-order valence-electron chi connectivity index (χ0n) is 16.6. The number of Topliss-reactive ketones (excluding diaryl/α,β-unsaturated/α-hetero) is 1. The molecule has 1 atom stereocenters. The van der Waals surface area contributed by atoms with Gasteiger partial charge in [-0.25, -0.2) is 0 Å². The minimum Gasteiger partial charge on any atom is -0.329 e. The number of carbonyl (C=O) groups excluding carboxylic acids is 3. The van der Waals surface area contributed by atoms with E-state index < -0.39 is 6.04 Å². The van der Waals surface area contributed by atoms with Crippen LogP contribution in [0.3, 0.4) is 0 Å². The first-order valence-electron chi connectivity index (χ1n) is 10.1. The van der Waals surface area contributed by atoms with Crippen molar-refractivity contribution >= 4 is 33.5 Å². The first-order chi connectivity index (χ1) is 14.4. The van der Waals surface area contributed by atoms with Crippen LogP contribution in [0, 0.1) is 0 Å². The Hall–Kier alpha value is -2.73. The molecule has 6 heteroatoms. The van der Waals surface area contributed by atoms with Crippen molar-refractivity contribution in [3.63, 3.8) is 0 Å². The van der Waals surface area contributed by atoms with Gasteiger partial charge in [0.1, 0.15) is 11.8 Å². The van der Waals surface area contributed by atoms with Gasteiger partial charge in [0, 0.05) is 35.1 Å². The van der Waals surface area contributed by atoms with Crippen LogP contribution in [0.5, 0.6) is 0 Å². The number of halogens is 1. The lowest BCUT2D eigenvalue weighted by Gasteiger charge is -2.30. The molecule has 0 spiro atoms. The zero-order chi connectivity index (χ0) is 21.3. The van der Waals surface area contributed by atoms with Gasteiger partial charge in [-0.3, -0.25) is 14.4 Å². The summed E-state index contributed by atoms with van der Waals surface area (Å²) in [6, 6.07) is 13.1. The smallest absolute Gasteiger partial charge is 0.255 e. The number of hydrogen-bond acceptors (Lipinski definition) is 3. The second kappa shape index (κ2) is 8.56. The van der Waals surface area contributed by atoms with Crippen molar-refractivity contribution in [2.45, 2.75) is 44.7 Å². The Bertz CT molecular complexity index is 1030. The van der Waals surface area contributed by atoms with Crippen LogP contribution in [0.15, 0.2) is 59.2 Å². The summed E-state index contributed by atoms with van der Waals surface area (Å²) in [5, 5.41) is 2.75. The highest BCUT2D eigenvalue weighted by Crippen LogP contribution is 2.29. The third-order valence-electron chi connectivity index (χ3n) is 5.71. The van der Waals surface area contributed by atoms with Gasteiger partial charge in [-0.05, 0) is 54.2 Å². The molecule has 0 bridgehead atoms. The molecule has 5 nitrogen and oxygen atoms in total. The topological polar surface area (TPSA) is 66.5 Å². The van der Waals surface area contributed by atoms with Gasteiger partial charge in [-0.1, -0.05) is 46.8 Å². The molecule has 154 valence electrons. The van der Waals surface area contributed by atoms with E-state index in [0.29, 0.717) is 49.9 Å². The molecule has 1 saturated heterocycles. The van der Waals surface area contributed by atoms with Gasteiger partial charge >= 0.3 is 0 Å². The molecule has 0 aliphatic carbocycles. The van der Waals surface area contributed by atoms with Crippen LogP contribution in [-0.4, -0.2) is 28.5 Å². The summed E-state index contributed by atoms with van der Waals surface area (Å²) in [7, 11) is 0. The number of allylic oxidation sites excluding steroid dienone is 1. The molecule has 2 aliphatic heterocycles. The van der Waals surface area contributed by atoms with Crippen LogP contribution >= 0.6 is 15.9 Å². The number of rotatable bonds is 6. The maximum Gasteiger partial charge on any atom is 0.255 e. The van der Waals surface area contributed by atoms with E-state index >= 15 is 0 Å². The van der Waals surface area contributed by atoms with Gasteiger partial charge in [0.15, 0.2) is 0 Å². The lowest BCUT2D eigenvalue weighted by molar-refractivity contribution is -0.126. The number of piperidine rings is 1. The highest BCUT2D eigenvalue weighted by molar-refractivity contribution is 9.10. The van der Waals surface area contributed by atoms with Crippen molar-refractivity contribution in [1.82, 2.24) is 10.2 Å². The molecule has 1 N–H and O–H groups in total. The molecule has 2 aliphatic rings. The molecule has 2 aromatic carbocycles. The number of nitrogens with one attached hydrogen (secondary N) is 1. The second-order valence-corrected chi connectivity index (χ2v) is 8.83. The summed E-state index contributed by atoms with van der Waals surface area (Å²) in [4.78, 5) is 39.1. The van der Waals surface area contributed by atoms with Crippen molar-refractivity contribution in [3.8, 4) is 0 Å². The molecular formula is C24H23BrN2O3. The van der Waals surface area contributed by atoms with E-state index in [0.717, 1.165) is 21.2 Å². The summed E-state index contributed by atoms with van der Waals surface area (Å²) < 4.78 is 0.996. The third kappa shape index (κ3) is 4.38. The van der Waals surface area contributed by atoms with E-state index in [1.807, 2.05) is 42.5 Å². The Morgan fingerprint density at radius 3 is 2.60 bits per heavy atom. The Labute approximate surface area is 184 Å². The van der Waals surface area contributed by atoms with Crippen molar-refractivity contribution in [3.05, 3.63) is 81.5 Å². The first kappa shape index (κ1) is 20.5. The Morgan fingerprint density at radius 1 is 1.13 bits per heavy atom. The van der Waals surface area contributed by atoms with E-state index in [1.54, 1.807) is 4.90 Å². The van der Waals surface area contributed by atoms with Crippen LogP contribution < -0.4 is 5.32 Å². The zero-order valence-corrected chi connectivity index (χ0v) is 18.2. The molecule has 4 rings (SSSR count). The third-order valence-corrected chi connectivity index (χ3v) is 6.24. The number of hydrogen-bond donors (Lipinski definition) is 1. The second-order valence-electron chi connectivity index (χ2n) is 7.91. The monoisotopic (exact) mass is 466 g/mol. The summed E-state index contributed by atoms with van der Waals surface area (Å²) in [6.45, 7) is 4.23. The molecule has 0 aromatic heterocycles. The van der Waals surface area contributed by atoms with E-state index in [4.69, 9.17) is 0 Å². The molecule has 2 amide bonds. The van der Waals surface area contributed by atoms with Gasteiger partial charge in [-0.15, -0.1) is 0 Å². The average Bonchev–Trinajstić information content (AvgIpc) is 3.04. The van der Waals surface area contributed by atoms with Gasteiger partial charge in [0.05, 0.1) is 0 Å². The number of aryl methyl sites for hydroxylation is 1. The van der Waals surface area contributed by atoms with Crippen LogP contribution in [0.1, 0.15) is 46.3 Å². The molecule has 1 unspecified atom stereocenters. The number of amides is 2. The lowest BCUT2D eigenvalue weighted by atomic mass is 10.00. The average molecular weight is 467 g/mol. The van der Waals surface area contributed by atoms with Crippen LogP contribution in [-0.2, 0) is 29.0 Å². The highest BCUT2D eigenvalue weighted by Gasteiger charge is 2.38. The number of fused-ring (bicyclic) bond motifs is 1. The number of ketones is 1. The lowest BCUT2D eigenvalue weighted by Crippen LogP contribution is -2.49. The van der Waals surface area contributed by atoms with Crippen molar-refractivity contribution < 1.29 is 14.4 Å². The standard InChI is InChI=1S/C24H23BrN2O3/c1-15-2-11-22(23(29)26-15)27-14-18-12-16(6-10-21(18)24(27)30)5-9-20(28)13-17-3-7-19(25)8-4-17/h3-4,6-8,10,12,22H,1-2,5,9,11,13-14H2,(H,26,29). The molecule has 0 saturated carbocycles. The molecule has 2 heterocycles. The van der Waals surface area contributed by atoms with E-state index in [1.165, 1.54) is 0 Å². The Morgan fingerprint density at radius 2 is 1.87 bits per heavy atom. The Kier molecular flexibility index (Phi) is 5.86. The predicted octanol–water partition coefficient (Wildman–Crippen LogP) is 3.94. The molecule has 2 aromatic rings. The summed E-state index contributed by atoms with van der Waals surface area (Å²) in [5.41, 5.74) is 4.32. The number of benzene rings is 2. The SMILES string of the molecule is C=C1CCC(N2Cc3cc(CCC(=O)Cc4ccc(Br)cc4)ccc3C2=O)C(=O)N1. The van der Waals surface area contributed by atoms with Gasteiger partial charge in [0.2, 0.25) is 5.91 Å². The molecular weight excluding hydrogens is 444 g/mol. The highest BCUT2D eigenvalue weighted by atomic mass is 79.9. The normalized spacial score (nSPS) is 18.4. The van der Waals surface area contributed by atoms with E-state index in [9.17, 15) is 14.4 Å². The van der Waals surface area contributed by atoms with E-state index in [-0.39, 0.29) is 17.6 Å². The first-order valence-corrected chi connectivity index (χ1v) is 10.9. The largest absolute Gasteiger partial charge is 0.329 e. The fourth-order valence-electron chi connectivity index (χ4n) is 4.07. The van der Waals surface area contributed by atoms with Crippen LogP contribution in [0.2, 0.25) is 0 Å². The van der Waals surface area contributed by atoms with Crippen LogP contribution in [0.25, 0.3) is 0 Å². The van der Waals surface area contributed by atoms with Gasteiger partial charge in [0.25, 0.3) is 5.91 Å².